The lowest BCUT2D eigenvalue weighted by Crippen LogP contribution is -2.49. The lowest BCUT2D eigenvalue weighted by molar-refractivity contribution is -0.141. The highest BCUT2D eigenvalue weighted by molar-refractivity contribution is 8.00. The number of aliphatic carboxylic acids is 1. The van der Waals surface area contributed by atoms with E-state index in [-0.39, 0.29) is 17.9 Å². The van der Waals surface area contributed by atoms with Crippen LogP contribution in [-0.4, -0.2) is 39.2 Å². The van der Waals surface area contributed by atoms with Crippen LogP contribution in [-0.2, 0) is 11.3 Å². The van der Waals surface area contributed by atoms with Crippen molar-refractivity contribution in [1.29, 1.82) is 0 Å². The topological polar surface area (TPSA) is 82.8 Å². The Kier molecular flexibility index (Phi) is 5.17. The van der Waals surface area contributed by atoms with Crippen LogP contribution in [0.1, 0.15) is 31.3 Å². The van der Waals surface area contributed by atoms with Crippen molar-refractivity contribution in [3.8, 4) is 0 Å². The first-order chi connectivity index (χ1) is 10.0. The Bertz CT molecular complexity index is 517. The third-order valence-corrected chi connectivity index (χ3v) is 4.71. The smallest absolute Gasteiger partial charge is 0.327 e. The highest BCUT2D eigenvalue weighted by atomic mass is 32.2. The first-order valence-electron chi connectivity index (χ1n) is 6.98. The van der Waals surface area contributed by atoms with E-state index in [4.69, 9.17) is 4.42 Å². The van der Waals surface area contributed by atoms with Crippen molar-refractivity contribution >= 4 is 23.8 Å². The third-order valence-electron chi connectivity index (χ3n) is 3.36. The molecule has 1 aromatic rings. The molecule has 116 valence electrons. The molecule has 0 radical (unpaired) electrons. The quantitative estimate of drug-likeness (QED) is 0.872. The summed E-state index contributed by atoms with van der Waals surface area (Å²) in [6.45, 7) is 4.12. The summed E-state index contributed by atoms with van der Waals surface area (Å²) in [4.78, 5) is 25.1. The molecule has 0 spiro atoms. The first-order valence-corrected chi connectivity index (χ1v) is 8.03. The van der Waals surface area contributed by atoms with Crippen LogP contribution in [0, 0.1) is 6.92 Å². The second-order valence-corrected chi connectivity index (χ2v) is 6.22. The van der Waals surface area contributed by atoms with Gasteiger partial charge < -0.3 is 14.8 Å². The van der Waals surface area contributed by atoms with Crippen molar-refractivity contribution < 1.29 is 19.1 Å². The minimum atomic E-state index is -0.954. The van der Waals surface area contributed by atoms with Crippen LogP contribution in [0.3, 0.4) is 0 Å². The van der Waals surface area contributed by atoms with Gasteiger partial charge in [-0.2, -0.15) is 0 Å². The van der Waals surface area contributed by atoms with Gasteiger partial charge in [0.15, 0.2) is 0 Å². The molecular weight excluding hydrogens is 292 g/mol. The summed E-state index contributed by atoms with van der Waals surface area (Å²) >= 11 is 1.53. The van der Waals surface area contributed by atoms with E-state index in [1.165, 1.54) is 16.7 Å². The normalized spacial score (nSPS) is 21.5. The number of amides is 2. The van der Waals surface area contributed by atoms with Crippen molar-refractivity contribution in [3.63, 3.8) is 0 Å². The van der Waals surface area contributed by atoms with Crippen LogP contribution in [0.2, 0.25) is 0 Å². The summed E-state index contributed by atoms with van der Waals surface area (Å²) < 4.78 is 5.39. The van der Waals surface area contributed by atoms with Gasteiger partial charge in [0, 0.05) is 5.75 Å². The van der Waals surface area contributed by atoms with Crippen LogP contribution in [0.25, 0.3) is 0 Å². The fourth-order valence-corrected chi connectivity index (χ4v) is 3.84. The van der Waals surface area contributed by atoms with Gasteiger partial charge in [0.05, 0.1) is 11.9 Å². The monoisotopic (exact) mass is 312 g/mol. The number of carbonyl (C=O) groups excluding carboxylic acids is 1. The predicted molar refractivity (Wildman–Crippen MR) is 80.1 cm³/mol. The van der Waals surface area contributed by atoms with Gasteiger partial charge in [-0.3, -0.25) is 4.90 Å². The molecule has 0 bridgehead atoms. The van der Waals surface area contributed by atoms with Crippen molar-refractivity contribution in [1.82, 2.24) is 10.2 Å². The lowest BCUT2D eigenvalue weighted by Gasteiger charge is -2.27. The Morgan fingerprint density at radius 2 is 2.29 bits per heavy atom. The summed E-state index contributed by atoms with van der Waals surface area (Å²) in [5.41, 5.74) is 0. The van der Waals surface area contributed by atoms with E-state index >= 15 is 0 Å². The number of nitrogens with one attached hydrogen (secondary N) is 1. The van der Waals surface area contributed by atoms with Gasteiger partial charge in [0.25, 0.3) is 0 Å². The molecule has 1 fully saturated rings. The van der Waals surface area contributed by atoms with Crippen LogP contribution in [0.4, 0.5) is 4.79 Å². The molecule has 7 heteroatoms. The molecular formula is C14H20N2O4S. The van der Waals surface area contributed by atoms with E-state index in [1.807, 2.05) is 19.9 Å². The van der Waals surface area contributed by atoms with Crippen molar-refractivity contribution in [3.05, 3.63) is 23.7 Å². The zero-order chi connectivity index (χ0) is 15.4. The van der Waals surface area contributed by atoms with Crippen LogP contribution in [0.5, 0.6) is 0 Å². The van der Waals surface area contributed by atoms with E-state index in [1.54, 1.807) is 6.07 Å². The SMILES string of the molecule is CCCC1SCC(C(=O)O)N1C(=O)NCc1ccc(C)o1. The summed E-state index contributed by atoms with van der Waals surface area (Å²) in [7, 11) is 0. The van der Waals surface area contributed by atoms with Gasteiger partial charge in [0.2, 0.25) is 0 Å². The molecule has 1 aliphatic rings. The Balaban J connectivity index is 2.00. The first kappa shape index (κ1) is 15.8. The maximum absolute atomic E-state index is 12.3. The average molecular weight is 312 g/mol. The highest BCUT2D eigenvalue weighted by Crippen LogP contribution is 2.32. The van der Waals surface area contributed by atoms with Crippen LogP contribution < -0.4 is 5.32 Å². The molecule has 0 aromatic carbocycles. The number of carboxylic acid groups (broad SMARTS) is 1. The Morgan fingerprint density at radius 1 is 1.52 bits per heavy atom. The highest BCUT2D eigenvalue weighted by Gasteiger charge is 2.41. The van der Waals surface area contributed by atoms with Gasteiger partial charge in [-0.05, 0) is 25.5 Å². The minimum Gasteiger partial charge on any atom is -0.480 e. The second-order valence-electron chi connectivity index (χ2n) is 5.01. The second kappa shape index (κ2) is 6.89. The molecule has 1 aromatic heterocycles. The standard InChI is InChI=1S/C14H20N2O4S/c1-3-4-12-16(11(8-21-12)13(17)18)14(19)15-7-10-6-5-9(2)20-10/h5-6,11-12H,3-4,7-8H2,1-2H3,(H,15,19)(H,17,18). The number of urea groups is 1. The average Bonchev–Trinajstić information content (AvgIpc) is 3.03. The van der Waals surface area contributed by atoms with E-state index in [0.717, 1.165) is 18.6 Å². The molecule has 1 aliphatic heterocycles. The number of furan rings is 1. The predicted octanol–water partition coefficient (Wildman–Crippen LogP) is 2.43. The summed E-state index contributed by atoms with van der Waals surface area (Å²) in [5, 5.41) is 11.9. The largest absolute Gasteiger partial charge is 0.480 e. The number of hydrogen-bond acceptors (Lipinski definition) is 4. The molecule has 0 saturated carbocycles. The number of aryl methyl sites for hydroxylation is 1. The van der Waals surface area contributed by atoms with Crippen LogP contribution in [0.15, 0.2) is 16.5 Å². The molecule has 2 atom stereocenters. The maximum Gasteiger partial charge on any atom is 0.327 e. The van der Waals surface area contributed by atoms with Crippen molar-refractivity contribution in [2.45, 2.75) is 44.6 Å². The van der Waals surface area contributed by atoms with E-state index < -0.39 is 12.0 Å². The van der Waals surface area contributed by atoms with Gasteiger partial charge in [0.1, 0.15) is 17.6 Å². The lowest BCUT2D eigenvalue weighted by atomic mass is 10.2. The number of nitrogens with zero attached hydrogens (tertiary/aromatic N) is 1. The van der Waals surface area contributed by atoms with Crippen molar-refractivity contribution in [2.24, 2.45) is 0 Å². The molecule has 2 amide bonds. The summed E-state index contributed by atoms with van der Waals surface area (Å²) in [6.07, 6.45) is 1.70. The molecule has 6 nitrogen and oxygen atoms in total. The van der Waals surface area contributed by atoms with Gasteiger partial charge in [-0.15, -0.1) is 11.8 Å². The third kappa shape index (κ3) is 3.72. The van der Waals surface area contributed by atoms with E-state index in [9.17, 15) is 14.7 Å². The minimum absolute atomic E-state index is 0.0746. The Hall–Kier alpha value is -1.63. The maximum atomic E-state index is 12.3. The molecule has 2 N–H and O–H groups in total. The van der Waals surface area contributed by atoms with E-state index in [0.29, 0.717) is 11.5 Å². The summed E-state index contributed by atoms with van der Waals surface area (Å²) in [5.74, 6) is 0.924. The Labute approximate surface area is 127 Å². The van der Waals surface area contributed by atoms with Crippen LogP contribution >= 0.6 is 11.8 Å². The molecule has 1 saturated heterocycles. The summed E-state index contributed by atoms with van der Waals surface area (Å²) in [6, 6.07) is 2.52. The van der Waals surface area contributed by atoms with Gasteiger partial charge in [-0.1, -0.05) is 13.3 Å². The number of carboxylic acids is 1. The number of thioether (sulfide) groups is 1. The van der Waals surface area contributed by atoms with E-state index in [2.05, 4.69) is 5.32 Å². The van der Waals surface area contributed by atoms with Crippen molar-refractivity contribution in [2.75, 3.05) is 5.75 Å². The number of rotatable bonds is 5. The molecule has 2 heterocycles. The number of hydrogen-bond donors (Lipinski definition) is 2. The molecule has 21 heavy (non-hydrogen) atoms. The Morgan fingerprint density at radius 3 is 2.86 bits per heavy atom. The zero-order valence-electron chi connectivity index (χ0n) is 12.2. The zero-order valence-corrected chi connectivity index (χ0v) is 13.0. The van der Waals surface area contributed by atoms with Gasteiger partial charge in [-0.25, -0.2) is 9.59 Å². The van der Waals surface area contributed by atoms with Gasteiger partial charge >= 0.3 is 12.0 Å². The number of carbonyl (C=O) groups is 2. The molecule has 2 rings (SSSR count). The fraction of sp³-hybridized carbons (Fsp3) is 0.571. The molecule has 2 unspecified atom stereocenters. The molecule has 0 aliphatic carbocycles. The fourth-order valence-electron chi connectivity index (χ4n) is 2.33.